The Morgan fingerprint density at radius 2 is 1.87 bits per heavy atom. The van der Waals surface area contributed by atoms with Gasteiger partial charge in [-0.3, -0.25) is 9.69 Å². The van der Waals surface area contributed by atoms with E-state index in [4.69, 9.17) is 9.26 Å². The van der Waals surface area contributed by atoms with Gasteiger partial charge in [-0.2, -0.15) is 4.98 Å². The second-order valence-electron chi connectivity index (χ2n) is 8.48. The highest BCUT2D eigenvalue weighted by atomic mass is 16.5. The molecule has 1 aromatic carbocycles. The van der Waals surface area contributed by atoms with Crippen molar-refractivity contribution in [2.75, 3.05) is 46.4 Å². The summed E-state index contributed by atoms with van der Waals surface area (Å²) in [5.41, 5.74) is 0.899. The van der Waals surface area contributed by atoms with Gasteiger partial charge in [0, 0.05) is 18.0 Å². The van der Waals surface area contributed by atoms with E-state index in [0.29, 0.717) is 18.3 Å². The molecule has 0 spiro atoms. The van der Waals surface area contributed by atoms with Crippen molar-refractivity contribution in [2.45, 2.75) is 38.6 Å². The number of hydrogen-bond donors (Lipinski definition) is 1. The lowest BCUT2D eigenvalue weighted by Crippen LogP contribution is -2.40. The standard InChI is InChI=1S/C23H33N5O3/c1-30-20-7-5-18(6-8-20)22-25-21(31-26-22)17-28-15-9-19(10-16-28)23(29)24-11-4-14-27-12-2-3-13-27/h5-8,19H,2-4,9-17H2,1H3,(H,24,29). The van der Waals surface area contributed by atoms with Crippen LogP contribution in [0.4, 0.5) is 0 Å². The van der Waals surface area contributed by atoms with Crippen LogP contribution >= 0.6 is 0 Å². The maximum Gasteiger partial charge on any atom is 0.241 e. The molecule has 0 aliphatic carbocycles. The van der Waals surface area contributed by atoms with Crippen LogP contribution in [0.1, 0.15) is 38.0 Å². The number of methoxy groups -OCH3 is 1. The zero-order chi connectivity index (χ0) is 21.5. The molecule has 0 unspecified atom stereocenters. The van der Waals surface area contributed by atoms with Crippen LogP contribution in [-0.2, 0) is 11.3 Å². The summed E-state index contributed by atoms with van der Waals surface area (Å²) in [6.45, 7) is 6.67. The normalized spacial score (nSPS) is 18.4. The van der Waals surface area contributed by atoms with Crippen LogP contribution in [-0.4, -0.2) is 72.2 Å². The van der Waals surface area contributed by atoms with Crippen LogP contribution in [0.15, 0.2) is 28.8 Å². The monoisotopic (exact) mass is 427 g/mol. The van der Waals surface area contributed by atoms with Crippen molar-refractivity contribution in [2.24, 2.45) is 5.92 Å². The van der Waals surface area contributed by atoms with Gasteiger partial charge in [-0.25, -0.2) is 0 Å². The van der Waals surface area contributed by atoms with Crippen LogP contribution in [0.5, 0.6) is 5.75 Å². The van der Waals surface area contributed by atoms with Crippen molar-refractivity contribution in [3.8, 4) is 17.1 Å². The molecule has 0 atom stereocenters. The summed E-state index contributed by atoms with van der Waals surface area (Å²) < 4.78 is 10.6. The van der Waals surface area contributed by atoms with Gasteiger partial charge in [0.25, 0.3) is 0 Å². The first-order valence-corrected chi connectivity index (χ1v) is 11.4. The largest absolute Gasteiger partial charge is 0.497 e. The first-order valence-electron chi connectivity index (χ1n) is 11.4. The van der Waals surface area contributed by atoms with Gasteiger partial charge in [0.05, 0.1) is 13.7 Å². The van der Waals surface area contributed by atoms with E-state index in [2.05, 4.69) is 25.3 Å². The summed E-state index contributed by atoms with van der Waals surface area (Å²) in [5.74, 6) is 2.31. The van der Waals surface area contributed by atoms with Crippen LogP contribution in [0, 0.1) is 5.92 Å². The zero-order valence-corrected chi connectivity index (χ0v) is 18.4. The molecule has 0 bridgehead atoms. The first-order chi connectivity index (χ1) is 15.2. The maximum absolute atomic E-state index is 12.5. The average Bonchev–Trinajstić information content (AvgIpc) is 3.49. The maximum atomic E-state index is 12.5. The highest BCUT2D eigenvalue weighted by Crippen LogP contribution is 2.22. The van der Waals surface area contributed by atoms with Crippen molar-refractivity contribution < 1.29 is 14.1 Å². The third kappa shape index (κ3) is 6.04. The lowest BCUT2D eigenvalue weighted by Gasteiger charge is -2.30. The number of amides is 1. The van der Waals surface area contributed by atoms with E-state index in [-0.39, 0.29) is 11.8 Å². The third-order valence-corrected chi connectivity index (χ3v) is 6.28. The van der Waals surface area contributed by atoms with Crippen molar-refractivity contribution in [1.82, 2.24) is 25.3 Å². The summed E-state index contributed by atoms with van der Waals surface area (Å²) in [6, 6.07) is 7.60. The van der Waals surface area contributed by atoms with E-state index >= 15 is 0 Å². The van der Waals surface area contributed by atoms with Gasteiger partial charge in [-0.05, 0) is 89.1 Å². The fourth-order valence-corrected chi connectivity index (χ4v) is 4.39. The van der Waals surface area contributed by atoms with Crippen LogP contribution in [0.2, 0.25) is 0 Å². The minimum Gasteiger partial charge on any atom is -0.497 e. The molecule has 8 heteroatoms. The van der Waals surface area contributed by atoms with Gasteiger partial charge >= 0.3 is 0 Å². The fourth-order valence-electron chi connectivity index (χ4n) is 4.39. The molecule has 31 heavy (non-hydrogen) atoms. The SMILES string of the molecule is COc1ccc(-c2noc(CN3CCC(C(=O)NCCCN4CCCC4)CC3)n2)cc1. The summed E-state index contributed by atoms with van der Waals surface area (Å²) in [7, 11) is 1.64. The lowest BCUT2D eigenvalue weighted by atomic mass is 9.96. The second kappa shape index (κ2) is 10.7. The van der Waals surface area contributed by atoms with Crippen molar-refractivity contribution in [3.63, 3.8) is 0 Å². The Bertz CT molecular complexity index is 824. The number of nitrogens with zero attached hydrogens (tertiary/aromatic N) is 4. The number of carbonyl (C=O) groups is 1. The van der Waals surface area contributed by atoms with Crippen LogP contribution < -0.4 is 10.1 Å². The fraction of sp³-hybridized carbons (Fsp3) is 0.609. The van der Waals surface area contributed by atoms with Gasteiger partial charge in [0.15, 0.2) is 0 Å². The van der Waals surface area contributed by atoms with Gasteiger partial charge in [-0.1, -0.05) is 5.16 Å². The Morgan fingerprint density at radius 3 is 2.58 bits per heavy atom. The predicted molar refractivity (Wildman–Crippen MR) is 118 cm³/mol. The summed E-state index contributed by atoms with van der Waals surface area (Å²) in [5, 5.41) is 7.24. The van der Waals surface area contributed by atoms with E-state index in [1.807, 2.05) is 24.3 Å². The van der Waals surface area contributed by atoms with Gasteiger partial charge < -0.3 is 19.5 Å². The molecule has 0 radical (unpaired) electrons. The Kier molecular flexibility index (Phi) is 7.53. The summed E-state index contributed by atoms with van der Waals surface area (Å²) in [6.07, 6.45) is 5.42. The molecule has 2 aromatic rings. The molecule has 2 aliphatic rings. The van der Waals surface area contributed by atoms with Crippen LogP contribution in [0.3, 0.4) is 0 Å². The molecule has 8 nitrogen and oxygen atoms in total. The Morgan fingerprint density at radius 1 is 1.13 bits per heavy atom. The number of piperidine rings is 1. The molecule has 2 saturated heterocycles. The number of hydrogen-bond acceptors (Lipinski definition) is 7. The van der Waals surface area contributed by atoms with E-state index < -0.39 is 0 Å². The van der Waals surface area contributed by atoms with E-state index in [1.165, 1.54) is 25.9 Å². The van der Waals surface area contributed by atoms with Crippen molar-refractivity contribution in [3.05, 3.63) is 30.2 Å². The number of carbonyl (C=O) groups excluding carboxylic acids is 1. The highest BCUT2D eigenvalue weighted by Gasteiger charge is 2.26. The number of aromatic nitrogens is 2. The first kappa shape index (κ1) is 21.8. The predicted octanol–water partition coefficient (Wildman–Crippen LogP) is 2.56. The van der Waals surface area contributed by atoms with E-state index in [0.717, 1.165) is 56.8 Å². The Balaban J connectivity index is 1.17. The molecule has 1 amide bonds. The molecule has 1 aromatic heterocycles. The molecule has 0 saturated carbocycles. The second-order valence-corrected chi connectivity index (χ2v) is 8.48. The molecule has 4 rings (SSSR count). The Hall–Kier alpha value is -2.45. The quantitative estimate of drug-likeness (QED) is 0.616. The van der Waals surface area contributed by atoms with Crippen molar-refractivity contribution >= 4 is 5.91 Å². The minimum atomic E-state index is 0.112. The molecule has 3 heterocycles. The lowest BCUT2D eigenvalue weighted by molar-refractivity contribution is -0.126. The van der Waals surface area contributed by atoms with E-state index in [9.17, 15) is 4.79 Å². The molecule has 2 fully saturated rings. The minimum absolute atomic E-state index is 0.112. The highest BCUT2D eigenvalue weighted by molar-refractivity contribution is 5.78. The van der Waals surface area contributed by atoms with E-state index in [1.54, 1.807) is 7.11 Å². The smallest absolute Gasteiger partial charge is 0.241 e. The zero-order valence-electron chi connectivity index (χ0n) is 18.4. The topological polar surface area (TPSA) is 83.7 Å². The van der Waals surface area contributed by atoms with Crippen LogP contribution in [0.25, 0.3) is 11.4 Å². The van der Waals surface area contributed by atoms with Gasteiger partial charge in [-0.15, -0.1) is 0 Å². The average molecular weight is 428 g/mol. The number of nitrogens with one attached hydrogen (secondary N) is 1. The molecule has 168 valence electrons. The number of ether oxygens (including phenoxy) is 1. The third-order valence-electron chi connectivity index (χ3n) is 6.28. The molecular formula is C23H33N5O3. The summed E-state index contributed by atoms with van der Waals surface area (Å²) >= 11 is 0. The summed E-state index contributed by atoms with van der Waals surface area (Å²) in [4.78, 5) is 21.8. The number of rotatable bonds is 9. The number of likely N-dealkylation sites (tertiary alicyclic amines) is 2. The molecule has 2 aliphatic heterocycles. The number of benzene rings is 1. The van der Waals surface area contributed by atoms with Crippen molar-refractivity contribution in [1.29, 1.82) is 0 Å². The molecule has 1 N–H and O–H groups in total. The molecular weight excluding hydrogens is 394 g/mol. The van der Waals surface area contributed by atoms with Gasteiger partial charge in [0.1, 0.15) is 5.75 Å². The van der Waals surface area contributed by atoms with Gasteiger partial charge in [0.2, 0.25) is 17.6 Å². The Labute approximate surface area is 183 Å².